The summed E-state index contributed by atoms with van der Waals surface area (Å²) in [6.07, 6.45) is 4.37. The Morgan fingerprint density at radius 1 is 1.04 bits per heavy atom. The molecule has 1 amide bonds. The zero-order valence-corrected chi connectivity index (χ0v) is 16.3. The van der Waals surface area contributed by atoms with Crippen molar-refractivity contribution in [2.24, 2.45) is 0 Å². The molecule has 2 fully saturated rings. The molecule has 1 aromatic rings. The molecular weight excluding hydrogens is 360 g/mol. The van der Waals surface area contributed by atoms with Crippen LogP contribution in [0.3, 0.4) is 0 Å². The van der Waals surface area contributed by atoms with Gasteiger partial charge in [0.05, 0.1) is 4.90 Å². The molecule has 7 heteroatoms. The average Bonchev–Trinajstić information content (AvgIpc) is 3.05. The van der Waals surface area contributed by atoms with Crippen molar-refractivity contribution < 1.29 is 13.2 Å². The molecule has 0 spiro atoms. The summed E-state index contributed by atoms with van der Waals surface area (Å²) in [7, 11) is -3.70. The highest BCUT2D eigenvalue weighted by molar-refractivity contribution is 7.89. The van der Waals surface area contributed by atoms with Crippen molar-refractivity contribution >= 4 is 27.5 Å². The van der Waals surface area contributed by atoms with Crippen LogP contribution in [-0.2, 0) is 14.8 Å². The van der Waals surface area contributed by atoms with Crippen LogP contribution in [0.1, 0.15) is 46.0 Å². The first kappa shape index (κ1) is 18.7. The van der Waals surface area contributed by atoms with E-state index in [1.54, 1.807) is 12.1 Å². The highest BCUT2D eigenvalue weighted by Crippen LogP contribution is 2.31. The summed E-state index contributed by atoms with van der Waals surface area (Å²) in [5.41, 5.74) is 0. The van der Waals surface area contributed by atoms with Gasteiger partial charge in [-0.2, -0.15) is 4.31 Å². The maximum absolute atomic E-state index is 13.2. The smallest absolute Gasteiger partial charge is 0.243 e. The van der Waals surface area contributed by atoms with Crippen LogP contribution in [0, 0.1) is 0 Å². The summed E-state index contributed by atoms with van der Waals surface area (Å²) in [5, 5.41) is 0.490. The molecule has 0 bridgehead atoms. The molecule has 0 aliphatic carbocycles. The summed E-state index contributed by atoms with van der Waals surface area (Å²) < 4.78 is 27.4. The fourth-order valence-electron chi connectivity index (χ4n) is 4.04. The van der Waals surface area contributed by atoms with Crippen molar-refractivity contribution in [3.63, 3.8) is 0 Å². The second kappa shape index (κ2) is 7.25. The third kappa shape index (κ3) is 3.57. The average molecular weight is 385 g/mol. The van der Waals surface area contributed by atoms with E-state index in [0.29, 0.717) is 24.4 Å². The van der Waals surface area contributed by atoms with Gasteiger partial charge in [0, 0.05) is 23.7 Å². The second-order valence-electron chi connectivity index (χ2n) is 7.10. The van der Waals surface area contributed by atoms with E-state index in [2.05, 4.69) is 13.8 Å². The molecule has 0 N–H and O–H groups in total. The number of carbonyl (C=O) groups is 1. The van der Waals surface area contributed by atoms with Gasteiger partial charge in [0.2, 0.25) is 15.9 Å². The Morgan fingerprint density at radius 2 is 1.64 bits per heavy atom. The fraction of sp³-hybridized carbons (Fsp3) is 0.611. The Bertz CT molecular complexity index is 725. The highest BCUT2D eigenvalue weighted by atomic mass is 35.5. The van der Waals surface area contributed by atoms with Crippen LogP contribution in [0.2, 0.25) is 5.02 Å². The molecule has 3 rings (SSSR count). The first-order valence-corrected chi connectivity index (χ1v) is 10.7. The van der Waals surface area contributed by atoms with Crippen LogP contribution < -0.4 is 0 Å². The maximum atomic E-state index is 13.2. The van der Waals surface area contributed by atoms with Crippen molar-refractivity contribution in [2.45, 2.75) is 69.0 Å². The van der Waals surface area contributed by atoms with E-state index in [1.807, 2.05) is 4.90 Å². The number of hydrogen-bond donors (Lipinski definition) is 0. The lowest BCUT2D eigenvalue weighted by Crippen LogP contribution is -2.54. The molecule has 0 aromatic heterocycles. The molecule has 0 unspecified atom stereocenters. The number of nitrogens with zero attached hydrogens (tertiary/aromatic N) is 2. The molecule has 3 atom stereocenters. The van der Waals surface area contributed by atoms with E-state index in [-0.39, 0.29) is 22.9 Å². The summed E-state index contributed by atoms with van der Waals surface area (Å²) in [6.45, 7) is 4.50. The normalized spacial score (nSPS) is 28.3. The van der Waals surface area contributed by atoms with Crippen LogP contribution in [0.15, 0.2) is 29.2 Å². The van der Waals surface area contributed by atoms with Gasteiger partial charge < -0.3 is 4.90 Å². The summed E-state index contributed by atoms with van der Waals surface area (Å²) >= 11 is 5.86. The molecule has 1 aromatic carbocycles. The van der Waals surface area contributed by atoms with E-state index in [1.165, 1.54) is 16.4 Å². The lowest BCUT2D eigenvalue weighted by molar-refractivity contribution is -0.140. The Hall–Kier alpha value is -1.11. The van der Waals surface area contributed by atoms with Gasteiger partial charge in [0.1, 0.15) is 6.04 Å². The predicted octanol–water partition coefficient (Wildman–Crippen LogP) is 3.28. The number of carbonyl (C=O) groups excluding carboxylic acids is 1. The Labute approximate surface area is 155 Å². The van der Waals surface area contributed by atoms with Crippen molar-refractivity contribution in [1.29, 1.82) is 0 Å². The molecule has 138 valence electrons. The monoisotopic (exact) mass is 384 g/mol. The Morgan fingerprint density at radius 3 is 2.24 bits per heavy atom. The van der Waals surface area contributed by atoms with Gasteiger partial charge in [-0.15, -0.1) is 0 Å². The number of halogens is 1. The SMILES string of the molecule is C[C@@H]1CCC[C@H](C)N1C(=O)[C@@H]1CCCN1S(=O)(=O)c1ccc(Cl)cc1. The summed E-state index contributed by atoms with van der Waals surface area (Å²) in [4.78, 5) is 15.3. The van der Waals surface area contributed by atoms with E-state index in [4.69, 9.17) is 11.6 Å². The van der Waals surface area contributed by atoms with Crippen molar-refractivity contribution in [3.8, 4) is 0 Å². The number of likely N-dealkylation sites (tertiary alicyclic amines) is 1. The summed E-state index contributed by atoms with van der Waals surface area (Å²) in [6, 6.07) is 5.87. The maximum Gasteiger partial charge on any atom is 0.243 e. The second-order valence-corrected chi connectivity index (χ2v) is 9.43. The number of hydrogen-bond acceptors (Lipinski definition) is 3. The minimum Gasteiger partial charge on any atom is -0.336 e. The van der Waals surface area contributed by atoms with Crippen LogP contribution in [-0.4, -0.2) is 48.2 Å². The lowest BCUT2D eigenvalue weighted by atomic mass is 9.96. The number of sulfonamides is 1. The highest BCUT2D eigenvalue weighted by Gasteiger charge is 2.43. The number of amides is 1. The van der Waals surface area contributed by atoms with Gasteiger partial charge in [-0.3, -0.25) is 4.79 Å². The molecule has 2 saturated heterocycles. The molecule has 5 nitrogen and oxygen atoms in total. The minimum atomic E-state index is -3.70. The van der Waals surface area contributed by atoms with Crippen LogP contribution >= 0.6 is 11.6 Å². The Balaban J connectivity index is 1.87. The summed E-state index contributed by atoms with van der Waals surface area (Å²) in [5.74, 6) is -0.0465. The Kier molecular flexibility index (Phi) is 5.42. The fourth-order valence-corrected chi connectivity index (χ4v) is 5.82. The quantitative estimate of drug-likeness (QED) is 0.803. The van der Waals surface area contributed by atoms with E-state index in [0.717, 1.165) is 19.3 Å². The van der Waals surface area contributed by atoms with E-state index >= 15 is 0 Å². The van der Waals surface area contributed by atoms with Crippen LogP contribution in [0.25, 0.3) is 0 Å². The zero-order chi connectivity index (χ0) is 18.2. The van der Waals surface area contributed by atoms with Crippen molar-refractivity contribution in [1.82, 2.24) is 9.21 Å². The van der Waals surface area contributed by atoms with Crippen LogP contribution in [0.5, 0.6) is 0 Å². The molecule has 2 heterocycles. The third-order valence-electron chi connectivity index (χ3n) is 5.36. The number of benzene rings is 1. The number of rotatable bonds is 3. The van der Waals surface area contributed by atoms with Gasteiger partial charge in [-0.25, -0.2) is 8.42 Å². The predicted molar refractivity (Wildman–Crippen MR) is 98.0 cm³/mol. The third-order valence-corrected chi connectivity index (χ3v) is 7.53. The molecule has 2 aliphatic heterocycles. The van der Waals surface area contributed by atoms with E-state index < -0.39 is 16.1 Å². The van der Waals surface area contributed by atoms with Crippen LogP contribution in [0.4, 0.5) is 0 Å². The standard InChI is InChI=1S/C18H25ClN2O3S/c1-13-5-3-6-14(2)21(13)18(22)17-7-4-12-20(17)25(23,24)16-10-8-15(19)9-11-16/h8-11,13-14,17H,3-7,12H2,1-2H3/t13-,14+,17-/m0/s1. The van der Waals surface area contributed by atoms with Gasteiger partial charge in [-0.1, -0.05) is 11.6 Å². The lowest BCUT2D eigenvalue weighted by Gasteiger charge is -2.41. The topological polar surface area (TPSA) is 57.7 Å². The minimum absolute atomic E-state index is 0.0465. The van der Waals surface area contributed by atoms with E-state index in [9.17, 15) is 13.2 Å². The largest absolute Gasteiger partial charge is 0.336 e. The van der Waals surface area contributed by atoms with Gasteiger partial charge >= 0.3 is 0 Å². The molecule has 2 aliphatic rings. The molecular formula is C18H25ClN2O3S. The first-order chi connectivity index (χ1) is 11.8. The van der Waals surface area contributed by atoms with Crippen molar-refractivity contribution in [3.05, 3.63) is 29.3 Å². The van der Waals surface area contributed by atoms with Gasteiger partial charge in [0.15, 0.2) is 0 Å². The van der Waals surface area contributed by atoms with Gasteiger partial charge in [0.25, 0.3) is 0 Å². The number of piperidine rings is 1. The van der Waals surface area contributed by atoms with Crippen molar-refractivity contribution in [2.75, 3.05) is 6.54 Å². The molecule has 0 radical (unpaired) electrons. The zero-order valence-electron chi connectivity index (χ0n) is 14.7. The molecule has 25 heavy (non-hydrogen) atoms. The van der Waals surface area contributed by atoms with Gasteiger partial charge in [-0.05, 0) is 70.2 Å². The molecule has 0 saturated carbocycles. The first-order valence-electron chi connectivity index (χ1n) is 8.92.